The number of hydrogen-bond acceptors (Lipinski definition) is 10. The zero-order valence-electron chi connectivity index (χ0n) is 29.3. The van der Waals surface area contributed by atoms with Crippen LogP contribution in [0.3, 0.4) is 0 Å². The highest BCUT2D eigenvalue weighted by Gasteiger charge is 2.43. The van der Waals surface area contributed by atoms with E-state index in [1.165, 1.54) is 37.4 Å². The molecule has 2 aromatic rings. The molecular weight excluding hydrogens is 759 g/mol. The normalized spacial score (nSPS) is 19.1. The quantitative estimate of drug-likeness (QED) is 0.114. The molecule has 0 aromatic heterocycles. The molecule has 0 aliphatic carbocycles. The molecule has 0 spiro atoms. The van der Waals surface area contributed by atoms with Crippen molar-refractivity contribution in [3.05, 3.63) is 101 Å². The second-order valence-corrected chi connectivity index (χ2v) is 19.0. The van der Waals surface area contributed by atoms with Gasteiger partial charge in [-0.15, -0.1) is 0 Å². The molecule has 52 heavy (non-hydrogen) atoms. The van der Waals surface area contributed by atoms with E-state index in [0.717, 1.165) is 0 Å². The minimum Gasteiger partial charge on any atom is -0.383 e. The Hall–Kier alpha value is -3.20. The molecule has 0 radical (unpaired) electrons. The Bertz CT molecular complexity index is 2210. The predicted molar refractivity (Wildman–Crippen MR) is 198 cm³/mol. The first kappa shape index (κ1) is 43.2. The summed E-state index contributed by atoms with van der Waals surface area (Å²) in [6, 6.07) is 8.22. The molecule has 1 aliphatic heterocycles. The number of benzene rings is 2. The number of hydrogen-bond donors (Lipinski definition) is 4. The van der Waals surface area contributed by atoms with Gasteiger partial charge in [0.25, 0.3) is 40.5 Å². The van der Waals surface area contributed by atoms with Gasteiger partial charge in [-0.3, -0.25) is 18.2 Å². The first-order chi connectivity index (χ1) is 23.8. The molecule has 1 aliphatic rings. The highest BCUT2D eigenvalue weighted by atomic mass is 32.2. The largest absolute Gasteiger partial charge is 0.383 e. The minimum atomic E-state index is -4.58. The molecule has 0 amide bonds. The van der Waals surface area contributed by atoms with Crippen LogP contribution in [-0.2, 0) is 56.0 Å². The first-order valence-electron chi connectivity index (χ1n) is 16.0. The third-order valence-electron chi connectivity index (χ3n) is 9.27. The monoisotopic (exact) mass is 803 g/mol. The Morgan fingerprint density at radius 2 is 1.44 bits per heavy atom. The van der Waals surface area contributed by atoms with Gasteiger partial charge in [0.05, 0.1) is 27.9 Å². The molecule has 0 fully saturated rings. The molecule has 1 heterocycles. The second kappa shape index (κ2) is 16.4. The topological polar surface area (TPSA) is 230 Å². The number of nitrogens with zero attached hydrogens (tertiary/aromatic N) is 1. The average Bonchev–Trinajstić information content (AvgIpc) is 3.23. The lowest BCUT2D eigenvalue weighted by molar-refractivity contribution is 0.206. The van der Waals surface area contributed by atoms with Gasteiger partial charge in [0.1, 0.15) is 0 Å². The van der Waals surface area contributed by atoms with Crippen molar-refractivity contribution in [2.45, 2.75) is 67.1 Å². The Morgan fingerprint density at radius 1 is 0.865 bits per heavy atom. The maximum absolute atomic E-state index is 12.1. The van der Waals surface area contributed by atoms with Crippen LogP contribution >= 0.6 is 0 Å². The van der Waals surface area contributed by atoms with Gasteiger partial charge < -0.3 is 9.64 Å². The summed E-state index contributed by atoms with van der Waals surface area (Å²) in [5, 5.41) is 0. The number of fused-ring (bicyclic) bond motifs is 1. The van der Waals surface area contributed by atoms with Crippen LogP contribution in [0, 0.1) is 6.92 Å². The van der Waals surface area contributed by atoms with Crippen molar-refractivity contribution in [3.8, 4) is 0 Å². The average molecular weight is 804 g/mol. The number of rotatable bonds is 18. The molecule has 3 rings (SSSR count). The summed E-state index contributed by atoms with van der Waals surface area (Å²) in [7, 11) is -16.2. The Kier molecular flexibility index (Phi) is 13.7. The molecule has 2 unspecified atom stereocenters. The summed E-state index contributed by atoms with van der Waals surface area (Å²) in [5.74, 6) is -1.07. The fourth-order valence-corrected chi connectivity index (χ4v) is 8.52. The summed E-state index contributed by atoms with van der Waals surface area (Å²) in [6.07, 6.45) is 8.76. The van der Waals surface area contributed by atoms with E-state index < -0.39 is 62.8 Å². The van der Waals surface area contributed by atoms with E-state index in [2.05, 4.69) is 6.58 Å². The summed E-state index contributed by atoms with van der Waals surface area (Å²) >= 11 is 0. The highest BCUT2D eigenvalue weighted by Crippen LogP contribution is 2.51. The number of aryl methyl sites for hydroxylation is 1. The zero-order chi connectivity index (χ0) is 39.3. The van der Waals surface area contributed by atoms with E-state index in [9.17, 15) is 51.9 Å². The summed E-state index contributed by atoms with van der Waals surface area (Å²) in [6.45, 7) is 10.1. The molecule has 18 heteroatoms. The lowest BCUT2D eigenvalue weighted by atomic mass is 9.71. The fraction of sp³-hybridized carbons (Fsp3) is 0.412. The van der Waals surface area contributed by atoms with Crippen LogP contribution in [0.15, 0.2) is 94.4 Å². The van der Waals surface area contributed by atoms with E-state index in [4.69, 9.17) is 4.74 Å². The Labute approximate surface area is 306 Å². The molecule has 288 valence electrons. The lowest BCUT2D eigenvalue weighted by Crippen LogP contribution is -2.31. The van der Waals surface area contributed by atoms with Crippen molar-refractivity contribution in [3.63, 3.8) is 0 Å². The third-order valence-corrected chi connectivity index (χ3v) is 12.6. The Morgan fingerprint density at radius 3 is 2.02 bits per heavy atom. The lowest BCUT2D eigenvalue weighted by Gasteiger charge is -2.33. The first-order valence-corrected chi connectivity index (χ1v) is 22.1. The molecule has 0 saturated carbocycles. The van der Waals surface area contributed by atoms with Crippen molar-refractivity contribution < 1.29 is 56.6 Å². The van der Waals surface area contributed by atoms with Gasteiger partial charge in [-0.1, -0.05) is 43.9 Å². The van der Waals surface area contributed by atoms with Crippen LogP contribution in [0.2, 0.25) is 0 Å². The number of ether oxygens (including phenoxy) is 1. The van der Waals surface area contributed by atoms with Gasteiger partial charge in [-0.25, -0.2) is 0 Å². The van der Waals surface area contributed by atoms with Crippen LogP contribution in [0.4, 0.5) is 5.69 Å². The van der Waals surface area contributed by atoms with Crippen molar-refractivity contribution in [1.29, 1.82) is 0 Å². The molecule has 0 saturated heterocycles. The maximum Gasteiger partial charge on any atom is 0.294 e. The van der Waals surface area contributed by atoms with Crippen LogP contribution in [0.5, 0.6) is 0 Å². The molecule has 2 aromatic carbocycles. The standard InChI is InChI=1S/C34H45NO13S4/c1-25-13-14-27(51(42,43)44)23-29(25)33(3,17-9-21-49(36,37)38)26(2)11-7-6-8-12-32-34(4,18-10-22-50(39,40)41)30-24-28(52(45,46)47)15-16-31(30)35(32)19-20-48-5/h6-8,11-16,23-24H,2,9-10,17-22H2,1,3-5H3,(H,36,37,38)(H,39,40,41)(H,42,43,44)(H,45,46,47)/b8-6+,11-7+,32-12+. The number of methoxy groups -OCH3 is 1. The molecule has 2 atom stereocenters. The second-order valence-electron chi connectivity index (χ2n) is 13.0. The van der Waals surface area contributed by atoms with Gasteiger partial charge in [0, 0.05) is 35.9 Å². The van der Waals surface area contributed by atoms with Gasteiger partial charge in [-0.2, -0.15) is 33.7 Å². The maximum atomic E-state index is 12.1. The van der Waals surface area contributed by atoms with Crippen molar-refractivity contribution in [2.24, 2.45) is 0 Å². The van der Waals surface area contributed by atoms with E-state index in [1.807, 2.05) is 4.90 Å². The van der Waals surface area contributed by atoms with Gasteiger partial charge in [0.15, 0.2) is 0 Å². The van der Waals surface area contributed by atoms with Gasteiger partial charge in [-0.05, 0) is 98.2 Å². The summed E-state index contributed by atoms with van der Waals surface area (Å²) < 4.78 is 138. The number of allylic oxidation sites excluding steroid dienone is 7. The van der Waals surface area contributed by atoms with E-state index in [-0.39, 0.29) is 42.1 Å². The fourth-order valence-electron chi connectivity index (χ4n) is 6.49. The van der Waals surface area contributed by atoms with Crippen molar-refractivity contribution in [2.75, 3.05) is 36.7 Å². The molecule has 14 nitrogen and oxygen atoms in total. The predicted octanol–water partition coefficient (Wildman–Crippen LogP) is 5.06. The van der Waals surface area contributed by atoms with Crippen LogP contribution in [0.25, 0.3) is 0 Å². The highest BCUT2D eigenvalue weighted by molar-refractivity contribution is 7.86. The van der Waals surface area contributed by atoms with Gasteiger partial charge >= 0.3 is 0 Å². The minimum absolute atomic E-state index is 0.00695. The van der Waals surface area contributed by atoms with Crippen LogP contribution in [0.1, 0.15) is 56.2 Å². The van der Waals surface area contributed by atoms with Gasteiger partial charge in [0.2, 0.25) is 0 Å². The summed E-state index contributed by atoms with van der Waals surface area (Å²) in [4.78, 5) is 1.20. The van der Waals surface area contributed by atoms with E-state index in [0.29, 0.717) is 40.2 Å². The smallest absolute Gasteiger partial charge is 0.294 e. The molecule has 4 N–H and O–H groups in total. The Balaban J connectivity index is 2.07. The molecule has 0 bridgehead atoms. The van der Waals surface area contributed by atoms with Crippen LogP contribution < -0.4 is 4.90 Å². The van der Waals surface area contributed by atoms with Crippen LogP contribution in [-0.4, -0.2) is 83.6 Å². The molecular formula is C34H45NO13S4. The zero-order valence-corrected chi connectivity index (χ0v) is 32.5. The van der Waals surface area contributed by atoms with Crippen molar-refractivity contribution >= 4 is 46.2 Å². The van der Waals surface area contributed by atoms with E-state index in [1.54, 1.807) is 57.2 Å². The summed E-state index contributed by atoms with van der Waals surface area (Å²) in [5.41, 5.74) is 1.34. The van der Waals surface area contributed by atoms with E-state index >= 15 is 0 Å². The number of anilines is 1. The third kappa shape index (κ3) is 10.9. The SMILES string of the molecule is C=C(/C=C/C=C/C=C1/N(CCOC)c2ccc(S(=O)(=O)O)cc2C1(C)CCCS(=O)(=O)O)C(C)(CCCS(=O)(=O)O)c1cc(S(=O)(=O)O)ccc1C. The van der Waals surface area contributed by atoms with Crippen molar-refractivity contribution in [1.82, 2.24) is 0 Å².